The summed E-state index contributed by atoms with van der Waals surface area (Å²) in [7, 11) is 0. The summed E-state index contributed by atoms with van der Waals surface area (Å²) in [5, 5.41) is 22.4. The molecule has 0 bridgehead atoms. The van der Waals surface area contributed by atoms with Crippen LogP contribution in [0.1, 0.15) is 21.6 Å². The second-order valence-corrected chi connectivity index (χ2v) is 7.50. The average molecular weight is 419 g/mol. The Hall–Kier alpha value is -3.85. The summed E-state index contributed by atoms with van der Waals surface area (Å²) < 4.78 is 1.35. The van der Waals surface area contributed by atoms with Crippen molar-refractivity contribution in [3.8, 4) is 16.4 Å². The van der Waals surface area contributed by atoms with E-state index in [2.05, 4.69) is 20.3 Å². The van der Waals surface area contributed by atoms with Gasteiger partial charge in [-0.15, -0.1) is 16.5 Å². The first-order valence-electron chi connectivity index (χ1n) is 9.02. The molecule has 9 heteroatoms. The Morgan fingerprint density at radius 3 is 2.43 bits per heavy atom. The zero-order valence-electron chi connectivity index (χ0n) is 16.2. The van der Waals surface area contributed by atoms with Crippen LogP contribution in [0.5, 0.6) is 0 Å². The summed E-state index contributed by atoms with van der Waals surface area (Å²) in [5.74, 6) is -1.02. The van der Waals surface area contributed by atoms with Crippen molar-refractivity contribution in [2.45, 2.75) is 13.8 Å². The van der Waals surface area contributed by atoms with Crippen LogP contribution >= 0.6 is 11.3 Å². The van der Waals surface area contributed by atoms with E-state index in [-0.39, 0.29) is 16.8 Å². The van der Waals surface area contributed by atoms with E-state index in [1.165, 1.54) is 40.3 Å². The van der Waals surface area contributed by atoms with Gasteiger partial charge >= 0.3 is 11.5 Å². The highest BCUT2D eigenvalue weighted by molar-refractivity contribution is 7.12. The molecule has 4 rings (SSSR count). The van der Waals surface area contributed by atoms with Gasteiger partial charge in [0.2, 0.25) is 5.13 Å². The lowest BCUT2D eigenvalue weighted by Crippen LogP contribution is -2.13. The number of carbonyl (C=O) groups is 1. The third-order valence-corrected chi connectivity index (χ3v) is 5.28. The molecular formula is C21H17N5O3S. The van der Waals surface area contributed by atoms with Crippen LogP contribution in [0.2, 0.25) is 0 Å². The molecular weight excluding hydrogens is 402 g/mol. The lowest BCUT2D eigenvalue weighted by molar-refractivity contribution is 0.0697. The topological polar surface area (TPSA) is 113 Å². The van der Waals surface area contributed by atoms with Crippen LogP contribution in [0.4, 0.5) is 11.4 Å². The van der Waals surface area contributed by atoms with Crippen molar-refractivity contribution in [3.05, 3.63) is 81.1 Å². The molecule has 2 aromatic heterocycles. The van der Waals surface area contributed by atoms with E-state index < -0.39 is 5.97 Å². The fourth-order valence-electron chi connectivity index (χ4n) is 2.79. The normalized spacial score (nSPS) is 11.3. The van der Waals surface area contributed by atoms with E-state index in [9.17, 15) is 9.59 Å². The van der Waals surface area contributed by atoms with Crippen molar-refractivity contribution < 1.29 is 9.90 Å². The number of H-pyrrole nitrogens is 1. The summed E-state index contributed by atoms with van der Waals surface area (Å²) >= 11 is 1.35. The quantitative estimate of drug-likeness (QED) is 0.442. The molecule has 0 fully saturated rings. The van der Waals surface area contributed by atoms with Crippen molar-refractivity contribution >= 4 is 28.7 Å². The SMILES string of the molecule is Cc1ccc(-c2csc(-n3[nH]c(C)c(N=Nc4ccc(C(=O)O)cc4)c3=O)n2)cc1. The standard InChI is InChI=1S/C21H17N5O3S/c1-12-3-5-14(6-4-12)17-11-30-21(22-17)26-19(27)18(13(2)25-26)24-23-16-9-7-15(8-10-16)20(28)29/h3-11,25H,1-2H3,(H,28,29). The van der Waals surface area contributed by atoms with Crippen molar-refractivity contribution in [2.75, 3.05) is 0 Å². The summed E-state index contributed by atoms with van der Waals surface area (Å²) in [6, 6.07) is 13.9. The molecule has 2 N–H and O–H groups in total. The van der Waals surface area contributed by atoms with Gasteiger partial charge in [0.1, 0.15) is 0 Å². The summed E-state index contributed by atoms with van der Waals surface area (Å²) in [4.78, 5) is 28.3. The van der Waals surface area contributed by atoms with Gasteiger partial charge in [-0.2, -0.15) is 9.80 Å². The molecule has 0 aliphatic rings. The third-order valence-electron chi connectivity index (χ3n) is 4.45. The predicted octanol–water partition coefficient (Wildman–Crippen LogP) is 5.02. The molecule has 30 heavy (non-hydrogen) atoms. The Morgan fingerprint density at radius 2 is 1.77 bits per heavy atom. The van der Waals surface area contributed by atoms with Crippen LogP contribution in [-0.4, -0.2) is 25.8 Å². The first-order chi connectivity index (χ1) is 14.4. The van der Waals surface area contributed by atoms with Gasteiger partial charge in [0, 0.05) is 10.9 Å². The molecule has 0 amide bonds. The number of thiazole rings is 1. The van der Waals surface area contributed by atoms with Crippen molar-refractivity contribution in [1.29, 1.82) is 0 Å². The number of rotatable bonds is 5. The van der Waals surface area contributed by atoms with Crippen LogP contribution in [0, 0.1) is 13.8 Å². The first-order valence-corrected chi connectivity index (χ1v) is 9.90. The summed E-state index contributed by atoms with van der Waals surface area (Å²) in [6.45, 7) is 3.75. The fraction of sp³-hybridized carbons (Fsp3) is 0.0952. The molecule has 4 aromatic rings. The molecule has 0 aliphatic carbocycles. The smallest absolute Gasteiger partial charge is 0.335 e. The summed E-state index contributed by atoms with van der Waals surface area (Å²) in [5.41, 5.74) is 3.90. The minimum Gasteiger partial charge on any atom is -0.478 e. The Kier molecular flexibility index (Phi) is 5.11. The minimum absolute atomic E-state index is 0.155. The van der Waals surface area contributed by atoms with E-state index >= 15 is 0 Å². The molecule has 0 saturated carbocycles. The van der Waals surface area contributed by atoms with Crippen LogP contribution in [0.15, 0.2) is 68.9 Å². The zero-order chi connectivity index (χ0) is 21.3. The van der Waals surface area contributed by atoms with E-state index in [0.717, 1.165) is 16.8 Å². The predicted molar refractivity (Wildman–Crippen MR) is 115 cm³/mol. The highest BCUT2D eigenvalue weighted by atomic mass is 32.1. The van der Waals surface area contributed by atoms with Crippen molar-refractivity contribution in [1.82, 2.24) is 14.8 Å². The first kappa shape index (κ1) is 19.5. The number of nitrogens with zero attached hydrogens (tertiary/aromatic N) is 4. The number of azo groups is 1. The number of aromatic amines is 1. The molecule has 0 atom stereocenters. The number of aryl methyl sites for hydroxylation is 2. The van der Waals surface area contributed by atoms with Crippen LogP contribution in [0.25, 0.3) is 16.4 Å². The van der Waals surface area contributed by atoms with Gasteiger partial charge < -0.3 is 5.11 Å². The van der Waals surface area contributed by atoms with E-state index in [4.69, 9.17) is 5.11 Å². The number of hydrogen-bond donors (Lipinski definition) is 2. The van der Waals surface area contributed by atoms with Crippen LogP contribution < -0.4 is 5.56 Å². The lowest BCUT2D eigenvalue weighted by atomic mass is 10.1. The van der Waals surface area contributed by atoms with E-state index in [0.29, 0.717) is 16.5 Å². The average Bonchev–Trinajstić information content (AvgIpc) is 3.32. The number of carboxylic acid groups (broad SMARTS) is 1. The molecule has 0 unspecified atom stereocenters. The highest BCUT2D eigenvalue weighted by Gasteiger charge is 2.15. The van der Waals surface area contributed by atoms with Gasteiger partial charge in [-0.05, 0) is 38.1 Å². The maximum absolute atomic E-state index is 12.8. The Morgan fingerprint density at radius 1 is 1.07 bits per heavy atom. The monoisotopic (exact) mass is 419 g/mol. The fourth-order valence-corrected chi connectivity index (χ4v) is 3.58. The number of aromatic carboxylic acids is 1. The number of nitrogens with one attached hydrogen (secondary N) is 1. The second-order valence-electron chi connectivity index (χ2n) is 6.66. The molecule has 0 radical (unpaired) electrons. The second kappa shape index (κ2) is 7.88. The van der Waals surface area contributed by atoms with Crippen LogP contribution in [0.3, 0.4) is 0 Å². The molecule has 2 heterocycles. The van der Waals surface area contributed by atoms with Gasteiger partial charge in [-0.1, -0.05) is 29.8 Å². The minimum atomic E-state index is -1.02. The van der Waals surface area contributed by atoms with Gasteiger partial charge in [0.05, 0.1) is 22.6 Å². The highest BCUT2D eigenvalue weighted by Crippen LogP contribution is 2.25. The van der Waals surface area contributed by atoms with E-state index in [1.54, 1.807) is 6.92 Å². The molecule has 8 nitrogen and oxygen atoms in total. The number of carboxylic acids is 1. The van der Waals surface area contributed by atoms with Crippen molar-refractivity contribution in [2.24, 2.45) is 10.2 Å². The molecule has 2 aromatic carbocycles. The third kappa shape index (κ3) is 3.83. The maximum atomic E-state index is 12.8. The van der Waals surface area contributed by atoms with Gasteiger partial charge in [0.15, 0.2) is 5.69 Å². The van der Waals surface area contributed by atoms with Crippen LogP contribution in [-0.2, 0) is 0 Å². The maximum Gasteiger partial charge on any atom is 0.335 e. The molecule has 0 spiro atoms. The Bertz CT molecular complexity index is 1300. The van der Waals surface area contributed by atoms with Gasteiger partial charge in [-0.25, -0.2) is 9.78 Å². The van der Waals surface area contributed by atoms with Crippen molar-refractivity contribution in [3.63, 3.8) is 0 Å². The zero-order valence-corrected chi connectivity index (χ0v) is 17.0. The molecule has 0 saturated heterocycles. The number of benzene rings is 2. The Labute approximate surface area is 175 Å². The van der Waals surface area contributed by atoms with E-state index in [1.807, 2.05) is 36.6 Å². The lowest BCUT2D eigenvalue weighted by Gasteiger charge is -1.97. The van der Waals surface area contributed by atoms with Gasteiger partial charge in [-0.3, -0.25) is 9.89 Å². The Balaban J connectivity index is 1.62. The molecule has 0 aliphatic heterocycles. The molecule has 150 valence electrons. The largest absolute Gasteiger partial charge is 0.478 e. The number of hydrogen-bond acceptors (Lipinski definition) is 6. The summed E-state index contributed by atoms with van der Waals surface area (Å²) in [6.07, 6.45) is 0. The van der Waals surface area contributed by atoms with Gasteiger partial charge in [0.25, 0.3) is 0 Å². The number of aromatic nitrogens is 3.